The number of likely N-dealkylation sites (N-methyl/N-ethyl adjacent to an activating group) is 1. The van der Waals surface area contributed by atoms with Crippen LogP contribution in [0.25, 0.3) is 0 Å². The van der Waals surface area contributed by atoms with Crippen molar-refractivity contribution in [3.63, 3.8) is 0 Å². The molecule has 1 aromatic carbocycles. The Kier molecular flexibility index (Phi) is 6.55. The van der Waals surface area contributed by atoms with Crippen LogP contribution in [0, 0.1) is 5.82 Å². The van der Waals surface area contributed by atoms with E-state index in [9.17, 15) is 4.39 Å². The first-order chi connectivity index (χ1) is 11.1. The summed E-state index contributed by atoms with van der Waals surface area (Å²) in [6.45, 7) is 1.29. The molecule has 4 nitrogen and oxygen atoms in total. The third kappa shape index (κ3) is 5.65. The molecule has 1 heterocycles. The zero-order valence-corrected chi connectivity index (χ0v) is 14.3. The lowest BCUT2D eigenvalue weighted by Crippen LogP contribution is -2.34. The maximum atomic E-state index is 13.1. The van der Waals surface area contributed by atoms with Crippen LogP contribution in [0.1, 0.15) is 16.5 Å². The first-order valence-corrected chi connectivity index (χ1v) is 8.42. The highest BCUT2D eigenvalue weighted by Crippen LogP contribution is 2.18. The Morgan fingerprint density at radius 2 is 2.04 bits per heavy atom. The molecule has 1 atom stereocenters. The van der Waals surface area contributed by atoms with Gasteiger partial charge in [0.1, 0.15) is 5.82 Å². The van der Waals surface area contributed by atoms with Crippen molar-refractivity contribution in [1.82, 2.24) is 10.2 Å². The van der Waals surface area contributed by atoms with E-state index in [1.807, 2.05) is 20.2 Å². The molecule has 6 heteroatoms. The fraction of sp³-hybridized carbons (Fsp3) is 0.353. The van der Waals surface area contributed by atoms with Gasteiger partial charge >= 0.3 is 0 Å². The van der Waals surface area contributed by atoms with Crippen molar-refractivity contribution in [3.8, 4) is 0 Å². The Morgan fingerprint density at radius 1 is 1.30 bits per heavy atom. The van der Waals surface area contributed by atoms with Crippen molar-refractivity contribution in [2.75, 3.05) is 27.2 Å². The number of halogens is 1. The van der Waals surface area contributed by atoms with Gasteiger partial charge in [0, 0.05) is 11.4 Å². The molecule has 0 radical (unpaired) electrons. The van der Waals surface area contributed by atoms with Crippen molar-refractivity contribution >= 4 is 17.3 Å². The molecule has 0 saturated heterocycles. The molecule has 0 bridgehead atoms. The highest BCUT2D eigenvalue weighted by Gasteiger charge is 2.13. The summed E-state index contributed by atoms with van der Waals surface area (Å²) in [5, 5.41) is 5.20. The molecule has 1 aromatic heterocycles. The summed E-state index contributed by atoms with van der Waals surface area (Å²) in [5.74, 6) is 0.208. The van der Waals surface area contributed by atoms with Crippen LogP contribution in [0.4, 0.5) is 4.39 Å². The zero-order chi connectivity index (χ0) is 16.7. The summed E-state index contributed by atoms with van der Waals surface area (Å²) in [4.78, 5) is 7.79. The highest BCUT2D eigenvalue weighted by molar-refractivity contribution is 7.09. The van der Waals surface area contributed by atoms with Crippen molar-refractivity contribution in [2.24, 2.45) is 10.7 Å². The Balaban J connectivity index is 1.87. The number of benzene rings is 1. The van der Waals surface area contributed by atoms with Gasteiger partial charge in [-0.3, -0.25) is 4.99 Å². The third-order valence-electron chi connectivity index (χ3n) is 3.57. The molecule has 0 aliphatic carbocycles. The van der Waals surface area contributed by atoms with Gasteiger partial charge < -0.3 is 16.0 Å². The number of guanidine groups is 1. The molecule has 1 unspecified atom stereocenters. The van der Waals surface area contributed by atoms with Crippen LogP contribution in [-0.2, 0) is 6.42 Å². The van der Waals surface area contributed by atoms with Crippen LogP contribution in [0.3, 0.4) is 0 Å². The number of aliphatic imine (C=N–C) groups is 1. The van der Waals surface area contributed by atoms with E-state index in [1.54, 1.807) is 23.5 Å². The quantitative estimate of drug-likeness (QED) is 0.604. The molecule has 0 spiro atoms. The average molecular weight is 334 g/mol. The summed E-state index contributed by atoms with van der Waals surface area (Å²) in [7, 11) is 3.95. The SMILES string of the molecule is CN(C)C(CN=C(N)NCCc1cccs1)c1ccc(F)cc1. The lowest BCUT2D eigenvalue weighted by atomic mass is 10.1. The standard InChI is InChI=1S/C17H23FN4S/c1-22(2)16(13-5-7-14(18)8-6-13)12-21-17(19)20-10-9-15-4-3-11-23-15/h3-8,11,16H,9-10,12H2,1-2H3,(H3,19,20,21). The maximum Gasteiger partial charge on any atom is 0.188 e. The van der Waals surface area contributed by atoms with E-state index in [4.69, 9.17) is 5.73 Å². The van der Waals surface area contributed by atoms with Crippen LogP contribution in [-0.4, -0.2) is 38.0 Å². The van der Waals surface area contributed by atoms with Gasteiger partial charge in [0.25, 0.3) is 0 Å². The largest absolute Gasteiger partial charge is 0.370 e. The first-order valence-electron chi connectivity index (χ1n) is 7.54. The molecule has 124 valence electrons. The minimum Gasteiger partial charge on any atom is -0.370 e. The summed E-state index contributed by atoms with van der Waals surface area (Å²) in [6.07, 6.45) is 0.933. The van der Waals surface area contributed by atoms with Crippen molar-refractivity contribution in [3.05, 3.63) is 58.0 Å². The van der Waals surface area contributed by atoms with Gasteiger partial charge in [0.2, 0.25) is 0 Å². The summed E-state index contributed by atoms with van der Waals surface area (Å²) in [6, 6.07) is 10.7. The van der Waals surface area contributed by atoms with Gasteiger partial charge in [-0.2, -0.15) is 0 Å². The van der Waals surface area contributed by atoms with Crippen molar-refractivity contribution in [2.45, 2.75) is 12.5 Å². The van der Waals surface area contributed by atoms with Crippen LogP contribution in [0.5, 0.6) is 0 Å². The van der Waals surface area contributed by atoms with E-state index in [2.05, 4.69) is 26.7 Å². The Morgan fingerprint density at radius 3 is 2.65 bits per heavy atom. The van der Waals surface area contributed by atoms with Crippen LogP contribution < -0.4 is 11.1 Å². The minimum atomic E-state index is -0.232. The number of nitrogens with one attached hydrogen (secondary N) is 1. The van der Waals surface area contributed by atoms with E-state index in [1.165, 1.54) is 17.0 Å². The van der Waals surface area contributed by atoms with Gasteiger partial charge in [-0.15, -0.1) is 11.3 Å². The van der Waals surface area contributed by atoms with Crippen LogP contribution in [0.15, 0.2) is 46.8 Å². The van der Waals surface area contributed by atoms with E-state index >= 15 is 0 Å². The molecule has 2 rings (SSSR count). The van der Waals surface area contributed by atoms with Gasteiger partial charge in [-0.1, -0.05) is 18.2 Å². The normalized spacial score (nSPS) is 13.3. The lowest BCUT2D eigenvalue weighted by molar-refractivity contribution is 0.306. The molecule has 0 saturated carbocycles. The number of thiophene rings is 1. The lowest BCUT2D eigenvalue weighted by Gasteiger charge is -2.23. The number of hydrogen-bond acceptors (Lipinski definition) is 3. The molecule has 2 aromatic rings. The molecular formula is C17H23FN4S. The second kappa shape index (κ2) is 8.64. The van der Waals surface area contributed by atoms with Gasteiger partial charge in [-0.25, -0.2) is 4.39 Å². The number of nitrogens with zero attached hydrogens (tertiary/aromatic N) is 2. The molecule has 0 aliphatic heterocycles. The molecule has 3 N–H and O–H groups in total. The first kappa shape index (κ1) is 17.4. The van der Waals surface area contributed by atoms with E-state index in [-0.39, 0.29) is 11.9 Å². The smallest absolute Gasteiger partial charge is 0.188 e. The van der Waals surface area contributed by atoms with Crippen LogP contribution in [0.2, 0.25) is 0 Å². The highest BCUT2D eigenvalue weighted by atomic mass is 32.1. The summed E-state index contributed by atoms with van der Waals surface area (Å²) in [5.41, 5.74) is 6.95. The van der Waals surface area contributed by atoms with Crippen molar-refractivity contribution < 1.29 is 4.39 Å². The zero-order valence-electron chi connectivity index (χ0n) is 13.5. The minimum absolute atomic E-state index is 0.0632. The van der Waals surface area contributed by atoms with E-state index in [0.717, 1.165) is 18.5 Å². The molecular weight excluding hydrogens is 311 g/mol. The van der Waals surface area contributed by atoms with E-state index < -0.39 is 0 Å². The summed E-state index contributed by atoms with van der Waals surface area (Å²) < 4.78 is 13.1. The fourth-order valence-corrected chi connectivity index (χ4v) is 2.97. The van der Waals surface area contributed by atoms with Crippen molar-refractivity contribution in [1.29, 1.82) is 0 Å². The number of hydrogen-bond donors (Lipinski definition) is 2. The topological polar surface area (TPSA) is 53.6 Å². The second-order valence-electron chi connectivity index (χ2n) is 5.51. The van der Waals surface area contributed by atoms with Gasteiger partial charge in [0.15, 0.2) is 5.96 Å². The monoisotopic (exact) mass is 334 g/mol. The predicted molar refractivity (Wildman–Crippen MR) is 95.3 cm³/mol. The van der Waals surface area contributed by atoms with Gasteiger partial charge in [0.05, 0.1) is 12.6 Å². The average Bonchev–Trinajstić information content (AvgIpc) is 3.02. The summed E-state index contributed by atoms with van der Waals surface area (Å²) >= 11 is 1.74. The molecule has 0 amide bonds. The Bertz CT molecular complexity index is 608. The predicted octanol–water partition coefficient (Wildman–Crippen LogP) is 2.64. The second-order valence-corrected chi connectivity index (χ2v) is 6.55. The Hall–Kier alpha value is -1.92. The molecule has 0 aliphatic rings. The Labute approximate surface area is 140 Å². The molecule has 0 fully saturated rings. The number of rotatable bonds is 7. The van der Waals surface area contributed by atoms with Crippen LogP contribution >= 0.6 is 11.3 Å². The third-order valence-corrected chi connectivity index (χ3v) is 4.51. The number of nitrogens with two attached hydrogens (primary N) is 1. The maximum absolute atomic E-state index is 13.1. The van der Waals surface area contributed by atoms with Gasteiger partial charge in [-0.05, 0) is 49.7 Å². The molecule has 23 heavy (non-hydrogen) atoms. The van der Waals surface area contributed by atoms with E-state index in [0.29, 0.717) is 12.5 Å². The fourth-order valence-electron chi connectivity index (χ4n) is 2.26.